The van der Waals surface area contributed by atoms with Crippen molar-refractivity contribution in [1.82, 2.24) is 0 Å². The van der Waals surface area contributed by atoms with E-state index in [0.717, 1.165) is 12.8 Å². The Morgan fingerprint density at radius 2 is 1.22 bits per heavy atom. The molecule has 18 heavy (non-hydrogen) atoms. The molecule has 6 saturated carbocycles. The van der Waals surface area contributed by atoms with Crippen LogP contribution in [-0.4, -0.2) is 26.2 Å². The molecule has 8 unspecified atom stereocenters. The minimum Gasteiger partial charge on any atom is -0.469 e. The van der Waals surface area contributed by atoms with Gasteiger partial charge in [0.2, 0.25) is 0 Å². The van der Waals surface area contributed by atoms with Crippen molar-refractivity contribution in [3.05, 3.63) is 0 Å². The molecule has 0 radical (unpaired) electrons. The first kappa shape index (κ1) is 9.82. The lowest BCUT2D eigenvalue weighted by Crippen LogP contribution is -2.75. The van der Waals surface area contributed by atoms with Crippen molar-refractivity contribution in [3.8, 4) is 0 Å². The first-order valence-corrected chi connectivity index (χ1v) is 6.81. The molecule has 4 nitrogen and oxygen atoms in total. The van der Waals surface area contributed by atoms with Gasteiger partial charge in [-0.1, -0.05) is 0 Å². The maximum absolute atomic E-state index is 12.2. The maximum Gasteiger partial charge on any atom is 0.312 e. The second-order valence-electron chi connectivity index (χ2n) is 6.90. The number of hydrogen-bond acceptors (Lipinski definition) is 4. The Bertz CT molecular complexity index is 468. The Hall–Kier alpha value is -1.06. The monoisotopic (exact) mass is 248 g/mol. The van der Waals surface area contributed by atoms with Crippen LogP contribution in [0.3, 0.4) is 0 Å². The second-order valence-corrected chi connectivity index (χ2v) is 6.90. The van der Waals surface area contributed by atoms with Crippen LogP contribution in [0.25, 0.3) is 0 Å². The van der Waals surface area contributed by atoms with E-state index in [-0.39, 0.29) is 22.8 Å². The molecule has 0 saturated heterocycles. The zero-order chi connectivity index (χ0) is 12.4. The predicted molar refractivity (Wildman–Crippen MR) is 59.1 cm³/mol. The van der Waals surface area contributed by atoms with E-state index in [4.69, 9.17) is 9.47 Å². The topological polar surface area (TPSA) is 52.6 Å². The van der Waals surface area contributed by atoms with Gasteiger partial charge in [-0.25, -0.2) is 0 Å². The van der Waals surface area contributed by atoms with Gasteiger partial charge in [-0.3, -0.25) is 9.59 Å². The Morgan fingerprint density at radius 1 is 0.833 bits per heavy atom. The van der Waals surface area contributed by atoms with Gasteiger partial charge >= 0.3 is 11.9 Å². The summed E-state index contributed by atoms with van der Waals surface area (Å²) in [4.78, 5) is 24.3. The summed E-state index contributed by atoms with van der Waals surface area (Å²) in [6, 6.07) is 0. The number of esters is 2. The third-order valence-corrected chi connectivity index (χ3v) is 7.29. The van der Waals surface area contributed by atoms with Gasteiger partial charge in [0, 0.05) is 0 Å². The van der Waals surface area contributed by atoms with Crippen LogP contribution >= 0.6 is 0 Å². The molecule has 0 aromatic heterocycles. The molecule has 6 aliphatic carbocycles. The van der Waals surface area contributed by atoms with E-state index >= 15 is 0 Å². The van der Waals surface area contributed by atoms with Crippen molar-refractivity contribution in [3.63, 3.8) is 0 Å². The number of hydrogen-bond donors (Lipinski definition) is 0. The van der Waals surface area contributed by atoms with Crippen molar-refractivity contribution in [2.45, 2.75) is 12.8 Å². The van der Waals surface area contributed by atoms with Crippen LogP contribution in [0.2, 0.25) is 0 Å². The quantitative estimate of drug-likeness (QED) is 0.680. The molecule has 0 amide bonds. The van der Waals surface area contributed by atoms with Crippen LogP contribution in [-0.2, 0) is 19.1 Å². The first-order chi connectivity index (χ1) is 8.64. The highest BCUT2D eigenvalue weighted by Crippen LogP contribution is 2.97. The average Bonchev–Trinajstić information content (AvgIpc) is 2.86. The van der Waals surface area contributed by atoms with Gasteiger partial charge in [-0.05, 0) is 48.3 Å². The van der Waals surface area contributed by atoms with Crippen LogP contribution in [0, 0.1) is 46.3 Å². The molecule has 0 heterocycles. The lowest BCUT2D eigenvalue weighted by atomic mass is 9.30. The Labute approximate surface area is 105 Å². The largest absolute Gasteiger partial charge is 0.469 e. The number of ether oxygens (including phenoxy) is 2. The van der Waals surface area contributed by atoms with Crippen LogP contribution in [0.1, 0.15) is 12.8 Å². The molecule has 0 aliphatic heterocycles. The van der Waals surface area contributed by atoms with E-state index in [1.54, 1.807) is 0 Å². The van der Waals surface area contributed by atoms with Gasteiger partial charge in [0.05, 0.1) is 25.0 Å². The normalized spacial score (nSPS) is 63.4. The lowest BCUT2D eigenvalue weighted by molar-refractivity contribution is -0.272. The van der Waals surface area contributed by atoms with Crippen LogP contribution in [0.15, 0.2) is 0 Å². The summed E-state index contributed by atoms with van der Waals surface area (Å²) in [6.45, 7) is 0. The van der Waals surface area contributed by atoms with Crippen LogP contribution in [0.4, 0.5) is 0 Å². The zero-order valence-electron chi connectivity index (χ0n) is 10.5. The van der Waals surface area contributed by atoms with Crippen molar-refractivity contribution >= 4 is 11.9 Å². The molecule has 4 bridgehead atoms. The molecule has 0 aromatic rings. The van der Waals surface area contributed by atoms with E-state index < -0.39 is 0 Å². The van der Waals surface area contributed by atoms with E-state index in [9.17, 15) is 9.59 Å². The predicted octanol–water partition coefficient (Wildman–Crippen LogP) is 0.851. The Morgan fingerprint density at radius 3 is 1.56 bits per heavy atom. The fourth-order valence-corrected chi connectivity index (χ4v) is 7.38. The van der Waals surface area contributed by atoms with Crippen molar-refractivity contribution in [1.29, 1.82) is 0 Å². The van der Waals surface area contributed by atoms with Crippen LogP contribution in [0.5, 0.6) is 0 Å². The maximum atomic E-state index is 12.2. The smallest absolute Gasteiger partial charge is 0.312 e. The van der Waals surface area contributed by atoms with Crippen molar-refractivity contribution in [2.24, 2.45) is 46.3 Å². The molecule has 6 aliphatic rings. The van der Waals surface area contributed by atoms with Crippen molar-refractivity contribution < 1.29 is 19.1 Å². The number of carbonyl (C=O) groups excluding carboxylic acids is 2. The van der Waals surface area contributed by atoms with Gasteiger partial charge in [0.15, 0.2) is 0 Å². The summed E-state index contributed by atoms with van der Waals surface area (Å²) >= 11 is 0. The highest BCUT2D eigenvalue weighted by Gasteiger charge is 2.98. The first-order valence-electron chi connectivity index (χ1n) is 6.81. The zero-order valence-corrected chi connectivity index (χ0v) is 10.5. The van der Waals surface area contributed by atoms with Gasteiger partial charge in [0.25, 0.3) is 0 Å². The van der Waals surface area contributed by atoms with E-state index in [0.29, 0.717) is 35.5 Å². The minimum absolute atomic E-state index is 0.0101. The Balaban J connectivity index is 1.63. The second kappa shape index (κ2) is 2.35. The number of carbonyl (C=O) groups is 2. The fraction of sp³-hybridized carbons (Fsp3) is 0.857. The van der Waals surface area contributed by atoms with E-state index in [1.807, 2.05) is 0 Å². The SMILES string of the molecule is COC(=O)C12CC3C4CC5(C(=O)OC)C3C1C5C42. The third kappa shape index (κ3) is 0.546. The number of rotatable bonds is 2. The summed E-state index contributed by atoms with van der Waals surface area (Å²) in [5.74, 6) is 2.85. The van der Waals surface area contributed by atoms with Gasteiger partial charge in [-0.15, -0.1) is 0 Å². The molecule has 96 valence electrons. The lowest BCUT2D eigenvalue weighted by Gasteiger charge is -2.71. The van der Waals surface area contributed by atoms with E-state index in [2.05, 4.69) is 0 Å². The minimum atomic E-state index is -0.201. The summed E-state index contributed by atoms with van der Waals surface area (Å²) in [6.07, 6.45) is 1.94. The molecule has 0 aromatic carbocycles. The molecule has 6 fully saturated rings. The summed E-state index contributed by atoms with van der Waals surface area (Å²) in [5, 5.41) is 0. The molecule has 6 rings (SSSR count). The van der Waals surface area contributed by atoms with Gasteiger partial charge in [0.1, 0.15) is 0 Å². The Kier molecular flexibility index (Phi) is 1.28. The summed E-state index contributed by atoms with van der Waals surface area (Å²) in [5.41, 5.74) is -0.402. The molecule has 8 atom stereocenters. The van der Waals surface area contributed by atoms with Gasteiger partial charge < -0.3 is 9.47 Å². The fourth-order valence-electron chi connectivity index (χ4n) is 7.38. The van der Waals surface area contributed by atoms with Crippen LogP contribution < -0.4 is 0 Å². The van der Waals surface area contributed by atoms with Gasteiger partial charge in [-0.2, -0.15) is 0 Å². The average molecular weight is 248 g/mol. The summed E-state index contributed by atoms with van der Waals surface area (Å²) in [7, 11) is 2.99. The summed E-state index contributed by atoms with van der Waals surface area (Å²) < 4.78 is 10.1. The van der Waals surface area contributed by atoms with E-state index in [1.165, 1.54) is 14.2 Å². The molecule has 4 heteroatoms. The number of methoxy groups -OCH3 is 2. The molecule has 0 N–H and O–H groups in total. The van der Waals surface area contributed by atoms with Crippen molar-refractivity contribution in [2.75, 3.05) is 14.2 Å². The highest BCUT2D eigenvalue weighted by molar-refractivity contribution is 5.89. The highest BCUT2D eigenvalue weighted by atomic mass is 16.5. The molecular weight excluding hydrogens is 232 g/mol. The molecular formula is C14H16O4. The third-order valence-electron chi connectivity index (χ3n) is 7.29. The standard InChI is InChI=1S/C14H16O4/c1-17-11(15)13-3-5-6-4-14(12(16)18-2)8(5)9(13)10(14)7(6)13/h5-10H,3-4H2,1-2H3. The molecule has 0 spiro atoms.